The summed E-state index contributed by atoms with van der Waals surface area (Å²) in [6.07, 6.45) is 8.31. The van der Waals surface area contributed by atoms with Crippen molar-refractivity contribution < 1.29 is 5.11 Å². The lowest BCUT2D eigenvalue weighted by molar-refractivity contribution is 0.282. The largest absolute Gasteiger partial charge is 0.396 e. The van der Waals surface area contributed by atoms with E-state index < -0.39 is 0 Å². The molecule has 0 radical (unpaired) electrons. The zero-order valence-corrected chi connectivity index (χ0v) is 11.7. The van der Waals surface area contributed by atoms with Crippen LogP contribution in [0.25, 0.3) is 0 Å². The second-order valence-corrected chi connectivity index (χ2v) is 5.20. The van der Waals surface area contributed by atoms with Gasteiger partial charge in [0.1, 0.15) is 5.82 Å². The predicted octanol–water partition coefficient (Wildman–Crippen LogP) is 2.18. The molecule has 4 heteroatoms. The molecule has 4 nitrogen and oxygen atoms in total. The molecule has 0 spiro atoms. The van der Waals surface area contributed by atoms with E-state index in [1.54, 1.807) is 0 Å². The summed E-state index contributed by atoms with van der Waals surface area (Å²) < 4.78 is 2.23. The van der Waals surface area contributed by atoms with E-state index in [0.29, 0.717) is 12.5 Å². The molecule has 0 bridgehead atoms. The minimum Gasteiger partial charge on any atom is -0.396 e. The monoisotopic (exact) mass is 253 g/mol. The maximum atomic E-state index is 8.71. The van der Waals surface area contributed by atoms with Gasteiger partial charge in [-0.1, -0.05) is 26.7 Å². The fourth-order valence-corrected chi connectivity index (χ4v) is 1.93. The second-order valence-electron chi connectivity index (χ2n) is 5.20. The van der Waals surface area contributed by atoms with Crippen LogP contribution in [-0.2, 0) is 13.1 Å². The van der Waals surface area contributed by atoms with Gasteiger partial charge >= 0.3 is 0 Å². The standard InChI is InChI=1S/C14H27N3O/c1-13(2)11-15-12-14-16-7-9-17(14)8-5-3-4-6-10-18/h7,9,13,15,18H,3-6,8,10-12H2,1-2H3. The highest BCUT2D eigenvalue weighted by Crippen LogP contribution is 2.05. The molecule has 0 amide bonds. The van der Waals surface area contributed by atoms with Gasteiger partial charge in [0, 0.05) is 25.5 Å². The molecule has 0 saturated carbocycles. The van der Waals surface area contributed by atoms with Crippen molar-refractivity contribution in [2.45, 2.75) is 52.6 Å². The molecule has 104 valence electrons. The van der Waals surface area contributed by atoms with Crippen LogP contribution in [-0.4, -0.2) is 27.8 Å². The molecule has 1 heterocycles. The van der Waals surface area contributed by atoms with Crippen LogP contribution in [0.5, 0.6) is 0 Å². The minimum atomic E-state index is 0.315. The summed E-state index contributed by atoms with van der Waals surface area (Å²) in [5.41, 5.74) is 0. The first-order valence-electron chi connectivity index (χ1n) is 7.05. The van der Waals surface area contributed by atoms with Crippen LogP contribution in [0.1, 0.15) is 45.4 Å². The Morgan fingerprint density at radius 2 is 2.06 bits per heavy atom. The molecule has 1 rings (SSSR count). The molecule has 18 heavy (non-hydrogen) atoms. The van der Waals surface area contributed by atoms with Gasteiger partial charge in [0.05, 0.1) is 6.54 Å². The van der Waals surface area contributed by atoms with E-state index in [0.717, 1.165) is 44.7 Å². The Labute approximate surface area is 110 Å². The van der Waals surface area contributed by atoms with Crippen molar-refractivity contribution in [3.05, 3.63) is 18.2 Å². The van der Waals surface area contributed by atoms with Gasteiger partial charge < -0.3 is 15.0 Å². The summed E-state index contributed by atoms with van der Waals surface area (Å²) in [6.45, 7) is 7.64. The first-order valence-corrected chi connectivity index (χ1v) is 7.05. The van der Waals surface area contributed by atoms with Crippen LogP contribution in [0.2, 0.25) is 0 Å². The molecule has 1 aromatic heterocycles. The number of aryl methyl sites for hydroxylation is 1. The minimum absolute atomic E-state index is 0.315. The van der Waals surface area contributed by atoms with Crippen molar-refractivity contribution in [1.29, 1.82) is 0 Å². The summed E-state index contributed by atoms with van der Waals surface area (Å²) in [6, 6.07) is 0. The maximum Gasteiger partial charge on any atom is 0.122 e. The van der Waals surface area contributed by atoms with Gasteiger partial charge in [-0.25, -0.2) is 4.98 Å². The highest BCUT2D eigenvalue weighted by molar-refractivity contribution is 4.91. The highest BCUT2D eigenvalue weighted by Gasteiger charge is 2.02. The van der Waals surface area contributed by atoms with Crippen LogP contribution in [0, 0.1) is 5.92 Å². The van der Waals surface area contributed by atoms with E-state index in [-0.39, 0.29) is 0 Å². The summed E-state index contributed by atoms with van der Waals surface area (Å²) in [5, 5.41) is 12.1. The average molecular weight is 253 g/mol. The number of aliphatic hydroxyl groups excluding tert-OH is 1. The Morgan fingerprint density at radius 3 is 2.78 bits per heavy atom. The summed E-state index contributed by atoms with van der Waals surface area (Å²) in [7, 11) is 0. The molecule has 0 aliphatic carbocycles. The van der Waals surface area contributed by atoms with Crippen LogP contribution in [0.3, 0.4) is 0 Å². The van der Waals surface area contributed by atoms with E-state index in [1.165, 1.54) is 6.42 Å². The molecular weight excluding hydrogens is 226 g/mol. The van der Waals surface area contributed by atoms with Crippen LogP contribution >= 0.6 is 0 Å². The Bertz CT molecular complexity index is 310. The van der Waals surface area contributed by atoms with Gasteiger partial charge in [-0.2, -0.15) is 0 Å². The SMILES string of the molecule is CC(C)CNCc1nccn1CCCCCCO. The van der Waals surface area contributed by atoms with Gasteiger partial charge in [0.15, 0.2) is 0 Å². The number of aliphatic hydroxyl groups is 1. The van der Waals surface area contributed by atoms with Crippen molar-refractivity contribution in [2.24, 2.45) is 5.92 Å². The normalized spacial score (nSPS) is 11.3. The number of hydrogen-bond donors (Lipinski definition) is 2. The number of unbranched alkanes of at least 4 members (excludes halogenated alkanes) is 3. The molecule has 0 aromatic carbocycles. The van der Waals surface area contributed by atoms with Gasteiger partial charge in [-0.15, -0.1) is 0 Å². The van der Waals surface area contributed by atoms with E-state index in [9.17, 15) is 0 Å². The Kier molecular flexibility index (Phi) is 7.69. The van der Waals surface area contributed by atoms with Gasteiger partial charge in [-0.05, 0) is 25.3 Å². The highest BCUT2D eigenvalue weighted by atomic mass is 16.2. The number of hydrogen-bond acceptors (Lipinski definition) is 3. The van der Waals surface area contributed by atoms with Crippen LogP contribution in [0.15, 0.2) is 12.4 Å². The summed E-state index contributed by atoms with van der Waals surface area (Å²) in [4.78, 5) is 4.39. The lowest BCUT2D eigenvalue weighted by atomic mass is 10.2. The van der Waals surface area contributed by atoms with Crippen molar-refractivity contribution in [2.75, 3.05) is 13.2 Å². The van der Waals surface area contributed by atoms with E-state index in [1.807, 2.05) is 6.20 Å². The van der Waals surface area contributed by atoms with E-state index in [4.69, 9.17) is 5.11 Å². The van der Waals surface area contributed by atoms with Crippen molar-refractivity contribution in [3.63, 3.8) is 0 Å². The summed E-state index contributed by atoms with van der Waals surface area (Å²) in [5.74, 6) is 1.80. The summed E-state index contributed by atoms with van der Waals surface area (Å²) >= 11 is 0. The molecule has 2 N–H and O–H groups in total. The zero-order valence-electron chi connectivity index (χ0n) is 11.7. The molecule has 1 aromatic rings. The first kappa shape index (κ1) is 15.2. The molecular formula is C14H27N3O. The lowest BCUT2D eigenvalue weighted by Gasteiger charge is -2.10. The van der Waals surface area contributed by atoms with E-state index in [2.05, 4.69) is 34.9 Å². The Balaban J connectivity index is 2.22. The van der Waals surface area contributed by atoms with Crippen LogP contribution in [0.4, 0.5) is 0 Å². The fourth-order valence-electron chi connectivity index (χ4n) is 1.93. The van der Waals surface area contributed by atoms with Gasteiger partial charge in [0.25, 0.3) is 0 Å². The molecule has 0 fully saturated rings. The van der Waals surface area contributed by atoms with Gasteiger partial charge in [-0.3, -0.25) is 0 Å². The number of nitrogens with zero attached hydrogens (tertiary/aromatic N) is 2. The third-order valence-corrected chi connectivity index (χ3v) is 2.94. The number of rotatable bonds is 10. The molecule has 0 aliphatic heterocycles. The van der Waals surface area contributed by atoms with Crippen molar-refractivity contribution >= 4 is 0 Å². The fraction of sp³-hybridized carbons (Fsp3) is 0.786. The molecule has 0 atom stereocenters. The molecule has 0 saturated heterocycles. The quantitative estimate of drug-likeness (QED) is 0.628. The maximum absolute atomic E-state index is 8.71. The topological polar surface area (TPSA) is 50.1 Å². The predicted molar refractivity (Wildman–Crippen MR) is 74.3 cm³/mol. The van der Waals surface area contributed by atoms with E-state index >= 15 is 0 Å². The average Bonchev–Trinajstić information content (AvgIpc) is 2.76. The lowest BCUT2D eigenvalue weighted by Crippen LogP contribution is -2.21. The number of nitrogens with one attached hydrogen (secondary N) is 1. The molecule has 0 aliphatic rings. The third-order valence-electron chi connectivity index (χ3n) is 2.94. The Hall–Kier alpha value is -0.870. The number of aromatic nitrogens is 2. The van der Waals surface area contributed by atoms with Crippen LogP contribution < -0.4 is 5.32 Å². The molecule has 0 unspecified atom stereocenters. The second kappa shape index (κ2) is 9.11. The Morgan fingerprint density at radius 1 is 1.28 bits per heavy atom. The van der Waals surface area contributed by atoms with Crippen molar-refractivity contribution in [1.82, 2.24) is 14.9 Å². The smallest absolute Gasteiger partial charge is 0.122 e. The third kappa shape index (κ3) is 6.17. The number of imidazole rings is 1. The van der Waals surface area contributed by atoms with Crippen molar-refractivity contribution in [3.8, 4) is 0 Å². The zero-order chi connectivity index (χ0) is 13.2. The van der Waals surface area contributed by atoms with Gasteiger partial charge in [0.2, 0.25) is 0 Å². The first-order chi connectivity index (χ1) is 8.74.